The molecule has 3 nitrogen and oxygen atoms in total. The molecular formula is C17H12N2O. The van der Waals surface area contributed by atoms with Crippen molar-refractivity contribution in [3.63, 3.8) is 0 Å². The number of hydrogen-bond donors (Lipinski definition) is 0. The summed E-state index contributed by atoms with van der Waals surface area (Å²) in [5.41, 5.74) is 1.91. The highest BCUT2D eigenvalue weighted by molar-refractivity contribution is 5.92. The molecule has 0 aliphatic rings. The van der Waals surface area contributed by atoms with E-state index in [2.05, 4.69) is 10.2 Å². The molecule has 3 rings (SSSR count). The summed E-state index contributed by atoms with van der Waals surface area (Å²) >= 11 is 0. The van der Waals surface area contributed by atoms with E-state index >= 15 is 0 Å². The van der Waals surface area contributed by atoms with Crippen molar-refractivity contribution in [2.75, 3.05) is 0 Å². The highest BCUT2D eigenvalue weighted by Crippen LogP contribution is 2.28. The molecule has 3 aromatic carbocycles. The first kappa shape index (κ1) is 12.2. The predicted octanol–water partition coefficient (Wildman–Crippen LogP) is 5.07. The number of aldehydes is 1. The number of carbonyl (C=O) groups is 1. The molecule has 0 radical (unpaired) electrons. The van der Waals surface area contributed by atoms with Crippen LogP contribution in [0.25, 0.3) is 10.8 Å². The molecule has 0 amide bonds. The van der Waals surface area contributed by atoms with Gasteiger partial charge in [0, 0.05) is 10.9 Å². The highest BCUT2D eigenvalue weighted by atomic mass is 16.1. The summed E-state index contributed by atoms with van der Waals surface area (Å²) in [4.78, 5) is 10.9. The molecule has 0 atom stereocenters. The molecule has 0 aliphatic carbocycles. The van der Waals surface area contributed by atoms with Crippen molar-refractivity contribution in [1.82, 2.24) is 0 Å². The van der Waals surface area contributed by atoms with Crippen LogP contribution in [-0.4, -0.2) is 6.29 Å². The average Bonchev–Trinajstić information content (AvgIpc) is 2.53. The van der Waals surface area contributed by atoms with Crippen molar-refractivity contribution >= 4 is 28.4 Å². The van der Waals surface area contributed by atoms with Crippen LogP contribution in [0.4, 0.5) is 11.4 Å². The van der Waals surface area contributed by atoms with E-state index < -0.39 is 0 Å². The van der Waals surface area contributed by atoms with Gasteiger partial charge in [0.05, 0.1) is 11.4 Å². The summed E-state index contributed by atoms with van der Waals surface area (Å²) < 4.78 is 0. The van der Waals surface area contributed by atoms with Gasteiger partial charge in [0.1, 0.15) is 0 Å². The van der Waals surface area contributed by atoms with Crippen LogP contribution in [0.1, 0.15) is 10.4 Å². The van der Waals surface area contributed by atoms with E-state index in [4.69, 9.17) is 0 Å². The lowest BCUT2D eigenvalue weighted by atomic mass is 10.1. The fourth-order valence-electron chi connectivity index (χ4n) is 2.08. The Balaban J connectivity index is 2.05. The highest BCUT2D eigenvalue weighted by Gasteiger charge is 2.00. The lowest BCUT2D eigenvalue weighted by Gasteiger charge is -2.01. The first-order valence-electron chi connectivity index (χ1n) is 6.32. The Kier molecular flexibility index (Phi) is 3.33. The van der Waals surface area contributed by atoms with Gasteiger partial charge < -0.3 is 0 Å². The van der Waals surface area contributed by atoms with Crippen molar-refractivity contribution in [2.45, 2.75) is 0 Å². The molecule has 0 fully saturated rings. The number of carbonyl (C=O) groups excluding carboxylic acids is 1. The van der Waals surface area contributed by atoms with Crippen molar-refractivity contribution in [1.29, 1.82) is 0 Å². The maximum Gasteiger partial charge on any atom is 0.152 e. The lowest BCUT2D eigenvalue weighted by Crippen LogP contribution is -1.78. The quantitative estimate of drug-likeness (QED) is 0.479. The molecule has 0 saturated heterocycles. The summed E-state index contributed by atoms with van der Waals surface area (Å²) in [5, 5.41) is 10.6. The van der Waals surface area contributed by atoms with Crippen molar-refractivity contribution in [2.24, 2.45) is 10.2 Å². The summed E-state index contributed by atoms with van der Waals surface area (Å²) in [6.07, 6.45) is 0.789. The van der Waals surface area contributed by atoms with Gasteiger partial charge in [-0.3, -0.25) is 4.79 Å². The fourth-order valence-corrected chi connectivity index (χ4v) is 2.08. The SMILES string of the molecule is O=Cc1ccccc1N=Nc1cccc2ccccc12. The maximum absolute atomic E-state index is 10.9. The molecule has 3 heteroatoms. The molecule has 0 saturated carbocycles. The van der Waals surface area contributed by atoms with Gasteiger partial charge in [0.15, 0.2) is 6.29 Å². The third-order valence-electron chi connectivity index (χ3n) is 3.10. The van der Waals surface area contributed by atoms with E-state index in [1.54, 1.807) is 18.2 Å². The summed E-state index contributed by atoms with van der Waals surface area (Å²) in [5.74, 6) is 0. The molecule has 0 spiro atoms. The van der Waals surface area contributed by atoms with Crippen LogP contribution >= 0.6 is 0 Å². The maximum atomic E-state index is 10.9. The molecule has 0 bridgehead atoms. The molecule has 0 aromatic heterocycles. The molecular weight excluding hydrogens is 248 g/mol. The minimum Gasteiger partial charge on any atom is -0.298 e. The molecule has 0 heterocycles. The first-order chi connectivity index (χ1) is 9.88. The topological polar surface area (TPSA) is 41.8 Å². The monoisotopic (exact) mass is 260 g/mol. The van der Waals surface area contributed by atoms with Crippen molar-refractivity contribution < 1.29 is 4.79 Å². The lowest BCUT2D eigenvalue weighted by molar-refractivity contribution is 0.112. The number of fused-ring (bicyclic) bond motifs is 1. The second-order valence-corrected chi connectivity index (χ2v) is 4.37. The zero-order valence-corrected chi connectivity index (χ0v) is 10.7. The first-order valence-corrected chi connectivity index (χ1v) is 6.32. The van der Waals surface area contributed by atoms with E-state index in [0.717, 1.165) is 22.7 Å². The fraction of sp³-hybridized carbons (Fsp3) is 0. The number of rotatable bonds is 3. The Morgan fingerprint density at radius 3 is 2.25 bits per heavy atom. The van der Waals surface area contributed by atoms with E-state index in [0.29, 0.717) is 11.3 Å². The Bertz CT molecular complexity index is 788. The second-order valence-electron chi connectivity index (χ2n) is 4.37. The smallest absolute Gasteiger partial charge is 0.152 e. The Morgan fingerprint density at radius 2 is 1.35 bits per heavy atom. The van der Waals surface area contributed by atoms with Crippen LogP contribution in [0.3, 0.4) is 0 Å². The zero-order chi connectivity index (χ0) is 13.8. The third kappa shape index (κ3) is 2.34. The third-order valence-corrected chi connectivity index (χ3v) is 3.10. The van der Waals surface area contributed by atoms with E-state index in [9.17, 15) is 4.79 Å². The van der Waals surface area contributed by atoms with Gasteiger partial charge in [-0.15, -0.1) is 10.2 Å². The summed E-state index contributed by atoms with van der Waals surface area (Å²) in [6.45, 7) is 0. The Hall–Kier alpha value is -2.81. The van der Waals surface area contributed by atoms with Crippen LogP contribution in [0.5, 0.6) is 0 Å². The largest absolute Gasteiger partial charge is 0.298 e. The second kappa shape index (κ2) is 5.45. The van der Waals surface area contributed by atoms with Crippen molar-refractivity contribution in [3.8, 4) is 0 Å². The molecule has 0 aliphatic heterocycles. The van der Waals surface area contributed by atoms with Gasteiger partial charge in [-0.05, 0) is 23.6 Å². The van der Waals surface area contributed by atoms with Crippen LogP contribution in [-0.2, 0) is 0 Å². The van der Waals surface area contributed by atoms with Gasteiger partial charge in [-0.2, -0.15) is 0 Å². The van der Waals surface area contributed by atoms with E-state index in [-0.39, 0.29) is 0 Å². The predicted molar refractivity (Wildman–Crippen MR) is 80.0 cm³/mol. The molecule has 0 N–H and O–H groups in total. The summed E-state index contributed by atoms with van der Waals surface area (Å²) in [6, 6.07) is 21.0. The minimum atomic E-state index is 0.538. The molecule has 0 unspecified atom stereocenters. The van der Waals surface area contributed by atoms with Gasteiger partial charge in [0.25, 0.3) is 0 Å². The van der Waals surface area contributed by atoms with Crippen LogP contribution in [0, 0.1) is 0 Å². The number of azo groups is 1. The van der Waals surface area contributed by atoms with Gasteiger partial charge >= 0.3 is 0 Å². The zero-order valence-electron chi connectivity index (χ0n) is 10.7. The number of benzene rings is 3. The molecule has 20 heavy (non-hydrogen) atoms. The Labute approximate surface area is 116 Å². The average molecular weight is 260 g/mol. The molecule has 3 aromatic rings. The van der Waals surface area contributed by atoms with Crippen LogP contribution < -0.4 is 0 Å². The van der Waals surface area contributed by atoms with Gasteiger partial charge in [-0.25, -0.2) is 0 Å². The molecule has 96 valence electrons. The van der Waals surface area contributed by atoms with Gasteiger partial charge in [0.2, 0.25) is 0 Å². The summed E-state index contributed by atoms with van der Waals surface area (Å²) in [7, 11) is 0. The van der Waals surface area contributed by atoms with E-state index in [1.807, 2.05) is 48.5 Å². The van der Waals surface area contributed by atoms with Crippen LogP contribution in [0.15, 0.2) is 77.0 Å². The Morgan fingerprint density at radius 1 is 0.700 bits per heavy atom. The van der Waals surface area contributed by atoms with Crippen LogP contribution in [0.2, 0.25) is 0 Å². The number of hydrogen-bond acceptors (Lipinski definition) is 3. The van der Waals surface area contributed by atoms with E-state index in [1.165, 1.54) is 0 Å². The normalized spacial score (nSPS) is 11.0. The number of nitrogens with zero attached hydrogens (tertiary/aromatic N) is 2. The minimum absolute atomic E-state index is 0.538. The standard InChI is InChI=1S/C17H12N2O/c20-12-14-7-2-4-10-16(14)18-19-17-11-5-8-13-6-1-3-9-15(13)17/h1-12H. The van der Waals surface area contributed by atoms with Gasteiger partial charge in [-0.1, -0.05) is 48.5 Å². The van der Waals surface area contributed by atoms with Crippen molar-refractivity contribution in [3.05, 3.63) is 72.3 Å².